The number of hydrogen-bond acceptors (Lipinski definition) is 1. The van der Waals surface area contributed by atoms with E-state index >= 15 is 0 Å². The van der Waals surface area contributed by atoms with Crippen molar-refractivity contribution in [2.24, 2.45) is 11.3 Å². The fourth-order valence-electron chi connectivity index (χ4n) is 1.69. The molecule has 0 aromatic carbocycles. The van der Waals surface area contributed by atoms with E-state index in [-0.39, 0.29) is 0 Å². The first-order chi connectivity index (χ1) is 6.41. The highest BCUT2D eigenvalue weighted by Crippen LogP contribution is 2.27. The molecular weight excluding hydrogens is 172 g/mol. The van der Waals surface area contributed by atoms with Crippen molar-refractivity contribution in [1.29, 1.82) is 5.41 Å². The van der Waals surface area contributed by atoms with Gasteiger partial charge in [0.05, 0.1) is 5.84 Å². The first-order valence-corrected chi connectivity index (χ1v) is 5.73. The van der Waals surface area contributed by atoms with Crippen LogP contribution in [0.5, 0.6) is 0 Å². The highest BCUT2D eigenvalue weighted by Gasteiger charge is 2.24. The number of likely N-dealkylation sites (tertiary alicyclic amines) is 1. The summed E-state index contributed by atoms with van der Waals surface area (Å²) in [6.07, 6.45) is 3.45. The summed E-state index contributed by atoms with van der Waals surface area (Å²) < 4.78 is 0. The van der Waals surface area contributed by atoms with Crippen LogP contribution in [-0.4, -0.2) is 23.8 Å². The van der Waals surface area contributed by atoms with Gasteiger partial charge in [-0.05, 0) is 24.2 Å². The van der Waals surface area contributed by atoms with Crippen molar-refractivity contribution in [2.45, 2.75) is 47.0 Å². The maximum Gasteiger partial charge on any atom is 0.0957 e. The van der Waals surface area contributed by atoms with E-state index in [0.29, 0.717) is 11.3 Å². The fourth-order valence-corrected chi connectivity index (χ4v) is 1.69. The van der Waals surface area contributed by atoms with Gasteiger partial charge in [-0.15, -0.1) is 0 Å². The fraction of sp³-hybridized carbons (Fsp3) is 0.917. The Morgan fingerprint density at radius 2 is 2.00 bits per heavy atom. The molecule has 14 heavy (non-hydrogen) atoms. The number of hydrogen-bond donors (Lipinski definition) is 1. The van der Waals surface area contributed by atoms with Crippen molar-refractivity contribution in [3.8, 4) is 0 Å². The number of amidine groups is 1. The Morgan fingerprint density at radius 3 is 2.50 bits per heavy atom. The monoisotopic (exact) mass is 196 g/mol. The van der Waals surface area contributed by atoms with Crippen LogP contribution in [0, 0.1) is 16.7 Å². The van der Waals surface area contributed by atoms with Gasteiger partial charge in [-0.1, -0.05) is 27.7 Å². The molecule has 0 bridgehead atoms. The molecule has 1 unspecified atom stereocenters. The molecule has 1 heterocycles. The Kier molecular flexibility index (Phi) is 3.57. The maximum absolute atomic E-state index is 7.87. The highest BCUT2D eigenvalue weighted by molar-refractivity contribution is 5.79. The first-order valence-electron chi connectivity index (χ1n) is 5.73. The standard InChI is InChI=1S/C12H24N2/c1-10(12(2,3)4)9-14-8-6-5-7-11(14)13/h10,13H,5-9H2,1-4H3. The summed E-state index contributed by atoms with van der Waals surface area (Å²) in [5.41, 5.74) is 0.359. The summed E-state index contributed by atoms with van der Waals surface area (Å²) >= 11 is 0. The number of nitrogens with zero attached hydrogens (tertiary/aromatic N) is 1. The van der Waals surface area contributed by atoms with Crippen molar-refractivity contribution in [3.05, 3.63) is 0 Å². The molecule has 1 fully saturated rings. The van der Waals surface area contributed by atoms with Crippen LogP contribution in [-0.2, 0) is 0 Å². The van der Waals surface area contributed by atoms with Gasteiger partial charge in [0.15, 0.2) is 0 Å². The van der Waals surface area contributed by atoms with Crippen LogP contribution in [0.15, 0.2) is 0 Å². The molecule has 0 saturated carbocycles. The summed E-state index contributed by atoms with van der Waals surface area (Å²) in [5, 5.41) is 7.87. The smallest absolute Gasteiger partial charge is 0.0957 e. The van der Waals surface area contributed by atoms with Gasteiger partial charge in [-0.3, -0.25) is 5.41 Å². The molecule has 0 amide bonds. The van der Waals surface area contributed by atoms with Crippen molar-refractivity contribution in [3.63, 3.8) is 0 Å². The second-order valence-electron chi connectivity index (χ2n) is 5.62. The normalized spacial score (nSPS) is 21.1. The number of nitrogens with one attached hydrogen (secondary N) is 1. The average molecular weight is 196 g/mol. The van der Waals surface area contributed by atoms with E-state index in [1.807, 2.05) is 0 Å². The zero-order chi connectivity index (χ0) is 10.8. The Bertz CT molecular complexity index is 203. The SMILES string of the molecule is CC(CN1CCCCC1=N)C(C)(C)C. The van der Waals surface area contributed by atoms with Crippen molar-refractivity contribution < 1.29 is 0 Å². The van der Waals surface area contributed by atoms with E-state index in [9.17, 15) is 0 Å². The van der Waals surface area contributed by atoms with Crippen LogP contribution >= 0.6 is 0 Å². The zero-order valence-corrected chi connectivity index (χ0v) is 10.1. The minimum absolute atomic E-state index is 0.359. The molecule has 0 aromatic heterocycles. The molecule has 1 rings (SSSR count). The molecule has 0 aromatic rings. The lowest BCUT2D eigenvalue weighted by Crippen LogP contribution is -2.40. The Morgan fingerprint density at radius 1 is 1.36 bits per heavy atom. The van der Waals surface area contributed by atoms with Crippen LogP contribution in [0.4, 0.5) is 0 Å². The van der Waals surface area contributed by atoms with Crippen molar-refractivity contribution >= 4 is 5.84 Å². The largest absolute Gasteiger partial charge is 0.360 e. The van der Waals surface area contributed by atoms with Gasteiger partial charge in [0, 0.05) is 19.5 Å². The number of rotatable bonds is 2. The topological polar surface area (TPSA) is 27.1 Å². The van der Waals surface area contributed by atoms with Crippen LogP contribution in [0.3, 0.4) is 0 Å². The summed E-state index contributed by atoms with van der Waals surface area (Å²) in [5.74, 6) is 1.51. The molecule has 82 valence electrons. The van der Waals surface area contributed by atoms with Crippen molar-refractivity contribution in [2.75, 3.05) is 13.1 Å². The molecule has 1 aliphatic heterocycles. The van der Waals surface area contributed by atoms with Crippen LogP contribution in [0.2, 0.25) is 0 Å². The van der Waals surface area contributed by atoms with Gasteiger partial charge in [-0.2, -0.15) is 0 Å². The predicted octanol–water partition coefficient (Wildman–Crippen LogP) is 3.13. The van der Waals surface area contributed by atoms with Gasteiger partial charge in [0.1, 0.15) is 0 Å². The molecule has 2 heteroatoms. The summed E-state index contributed by atoms with van der Waals surface area (Å²) in [6.45, 7) is 11.3. The first kappa shape index (κ1) is 11.5. The quantitative estimate of drug-likeness (QED) is 0.721. The van der Waals surface area contributed by atoms with Crippen LogP contribution < -0.4 is 0 Å². The average Bonchev–Trinajstić information content (AvgIpc) is 2.07. The summed E-state index contributed by atoms with van der Waals surface area (Å²) in [7, 11) is 0. The lowest BCUT2D eigenvalue weighted by Gasteiger charge is -2.36. The molecule has 0 radical (unpaired) electrons. The second kappa shape index (κ2) is 4.33. The molecule has 1 aliphatic rings. The van der Waals surface area contributed by atoms with E-state index in [1.165, 1.54) is 12.8 Å². The lowest BCUT2D eigenvalue weighted by molar-refractivity contribution is 0.200. The molecular formula is C12H24N2. The molecule has 1 atom stereocenters. The predicted molar refractivity (Wildman–Crippen MR) is 61.8 cm³/mol. The Balaban J connectivity index is 2.46. The second-order valence-corrected chi connectivity index (χ2v) is 5.62. The molecule has 2 nitrogen and oxygen atoms in total. The minimum Gasteiger partial charge on any atom is -0.360 e. The minimum atomic E-state index is 0.359. The van der Waals surface area contributed by atoms with Crippen molar-refractivity contribution in [1.82, 2.24) is 4.90 Å². The molecule has 1 N–H and O–H groups in total. The van der Waals surface area contributed by atoms with Gasteiger partial charge >= 0.3 is 0 Å². The Hall–Kier alpha value is -0.530. The van der Waals surface area contributed by atoms with Gasteiger partial charge < -0.3 is 4.90 Å². The Labute approximate surface area is 88.2 Å². The summed E-state index contributed by atoms with van der Waals surface area (Å²) in [6, 6.07) is 0. The third-order valence-electron chi connectivity index (χ3n) is 3.45. The van der Waals surface area contributed by atoms with E-state index in [4.69, 9.17) is 5.41 Å². The van der Waals surface area contributed by atoms with E-state index in [1.54, 1.807) is 0 Å². The van der Waals surface area contributed by atoms with Gasteiger partial charge in [-0.25, -0.2) is 0 Å². The third kappa shape index (κ3) is 3.00. The van der Waals surface area contributed by atoms with E-state index in [0.717, 1.165) is 25.3 Å². The van der Waals surface area contributed by atoms with E-state index in [2.05, 4.69) is 32.6 Å². The van der Waals surface area contributed by atoms with E-state index < -0.39 is 0 Å². The third-order valence-corrected chi connectivity index (χ3v) is 3.45. The highest BCUT2D eigenvalue weighted by atomic mass is 15.2. The summed E-state index contributed by atoms with van der Waals surface area (Å²) in [4.78, 5) is 2.26. The molecule has 0 spiro atoms. The van der Waals surface area contributed by atoms with Crippen LogP contribution in [0.25, 0.3) is 0 Å². The lowest BCUT2D eigenvalue weighted by atomic mass is 9.81. The number of piperidine rings is 1. The molecule has 0 aliphatic carbocycles. The zero-order valence-electron chi connectivity index (χ0n) is 10.1. The van der Waals surface area contributed by atoms with Gasteiger partial charge in [0.2, 0.25) is 0 Å². The maximum atomic E-state index is 7.87. The van der Waals surface area contributed by atoms with Gasteiger partial charge in [0.25, 0.3) is 0 Å². The molecule has 1 saturated heterocycles. The van der Waals surface area contributed by atoms with Crippen LogP contribution in [0.1, 0.15) is 47.0 Å².